The van der Waals surface area contributed by atoms with E-state index in [1.807, 2.05) is 11.4 Å². The van der Waals surface area contributed by atoms with Crippen LogP contribution in [-0.2, 0) is 22.6 Å². The molecule has 0 bridgehead atoms. The van der Waals surface area contributed by atoms with Gasteiger partial charge in [-0.2, -0.15) is 0 Å². The number of nitrogens with zero attached hydrogens (tertiary/aromatic N) is 4. The van der Waals surface area contributed by atoms with Crippen molar-refractivity contribution in [2.75, 3.05) is 49.6 Å². The molecule has 29 heavy (non-hydrogen) atoms. The quantitative estimate of drug-likeness (QED) is 0.783. The van der Waals surface area contributed by atoms with E-state index >= 15 is 0 Å². The van der Waals surface area contributed by atoms with Gasteiger partial charge in [0.1, 0.15) is 0 Å². The number of rotatable bonds is 6. The molecule has 2 aliphatic rings. The Balaban J connectivity index is 1.33. The number of hydrogen-bond acceptors (Lipinski definition) is 6. The summed E-state index contributed by atoms with van der Waals surface area (Å²) in [5, 5.41) is 5.61. The summed E-state index contributed by atoms with van der Waals surface area (Å²) in [5.74, 6) is 0.0682. The number of thiazole rings is 1. The number of piperazine rings is 1. The van der Waals surface area contributed by atoms with Gasteiger partial charge in [0.15, 0.2) is 5.13 Å². The third-order valence-corrected chi connectivity index (χ3v) is 6.41. The Kier molecular flexibility index (Phi) is 6.10. The molecule has 1 N–H and O–H groups in total. The lowest BCUT2D eigenvalue weighted by Gasteiger charge is -2.35. The molecule has 4 rings (SSSR count). The third kappa shape index (κ3) is 4.76. The smallest absolute Gasteiger partial charge is 0.228 e. The maximum Gasteiger partial charge on any atom is 0.228 e. The summed E-state index contributed by atoms with van der Waals surface area (Å²) in [4.78, 5) is 35.2. The lowest BCUT2D eigenvalue weighted by molar-refractivity contribution is -0.120. The number of hydrogen-bond donors (Lipinski definition) is 1. The van der Waals surface area contributed by atoms with Crippen LogP contribution in [0, 0.1) is 0 Å². The lowest BCUT2D eigenvalue weighted by Crippen LogP contribution is -2.45. The van der Waals surface area contributed by atoms with Crippen LogP contribution in [-0.4, -0.2) is 61.5 Å². The van der Waals surface area contributed by atoms with Gasteiger partial charge in [-0.3, -0.25) is 14.5 Å². The third-order valence-electron chi connectivity index (χ3n) is 5.50. The zero-order valence-corrected chi connectivity index (χ0v) is 17.6. The van der Waals surface area contributed by atoms with E-state index in [2.05, 4.69) is 45.3 Å². The van der Waals surface area contributed by atoms with Gasteiger partial charge in [0.25, 0.3) is 0 Å². The number of para-hydroxylation sites is 1. The van der Waals surface area contributed by atoms with Crippen LogP contribution in [0.3, 0.4) is 0 Å². The highest BCUT2D eigenvalue weighted by atomic mass is 32.1. The summed E-state index contributed by atoms with van der Waals surface area (Å²) < 4.78 is 0. The van der Waals surface area contributed by atoms with E-state index in [1.165, 1.54) is 17.0 Å². The molecule has 2 fully saturated rings. The van der Waals surface area contributed by atoms with Gasteiger partial charge in [-0.05, 0) is 25.1 Å². The standard InChI is InChI=1S/C21H27N5O2S/c1-24-9-11-25(12-10-24)18-6-3-2-5-16(18)14-22-19(27)13-17-15-29-21(23-17)26-8-4-7-20(26)28/h2-3,5-6,15H,4,7-14H2,1H3,(H,22,27). The number of carbonyl (C=O) groups is 2. The van der Waals surface area contributed by atoms with Crippen molar-refractivity contribution < 1.29 is 9.59 Å². The Bertz CT molecular complexity index is 875. The molecule has 2 aromatic rings. The summed E-state index contributed by atoms with van der Waals surface area (Å²) in [6, 6.07) is 8.27. The number of likely N-dealkylation sites (N-methyl/N-ethyl adjacent to an activating group) is 1. The first-order valence-electron chi connectivity index (χ1n) is 10.1. The number of nitrogens with one attached hydrogen (secondary N) is 1. The Morgan fingerprint density at radius 2 is 1.97 bits per heavy atom. The van der Waals surface area contributed by atoms with Crippen molar-refractivity contribution in [3.05, 3.63) is 40.9 Å². The first kappa shape index (κ1) is 19.8. The second-order valence-corrected chi connectivity index (χ2v) is 8.48. The normalized spacial score (nSPS) is 17.8. The maximum atomic E-state index is 12.5. The number of benzene rings is 1. The van der Waals surface area contributed by atoms with Crippen molar-refractivity contribution in [1.29, 1.82) is 0 Å². The van der Waals surface area contributed by atoms with Gasteiger partial charge in [0, 0.05) is 56.8 Å². The van der Waals surface area contributed by atoms with Crippen molar-refractivity contribution in [3.63, 3.8) is 0 Å². The monoisotopic (exact) mass is 413 g/mol. The molecule has 154 valence electrons. The van der Waals surface area contributed by atoms with Gasteiger partial charge in [0.2, 0.25) is 11.8 Å². The van der Waals surface area contributed by atoms with Crippen molar-refractivity contribution >= 4 is 34.0 Å². The summed E-state index contributed by atoms with van der Waals surface area (Å²) in [7, 11) is 2.15. The summed E-state index contributed by atoms with van der Waals surface area (Å²) in [6.45, 7) is 5.32. The Morgan fingerprint density at radius 1 is 1.17 bits per heavy atom. The molecule has 0 radical (unpaired) electrons. The van der Waals surface area contributed by atoms with Crippen LogP contribution in [0.15, 0.2) is 29.6 Å². The number of anilines is 2. The second kappa shape index (κ2) is 8.92. The minimum absolute atomic E-state index is 0.0530. The van der Waals surface area contributed by atoms with Crippen LogP contribution in [0.5, 0.6) is 0 Å². The molecular weight excluding hydrogens is 386 g/mol. The van der Waals surface area contributed by atoms with Crippen LogP contribution in [0.1, 0.15) is 24.1 Å². The highest BCUT2D eigenvalue weighted by Gasteiger charge is 2.24. The van der Waals surface area contributed by atoms with Crippen molar-refractivity contribution in [2.45, 2.75) is 25.8 Å². The minimum Gasteiger partial charge on any atom is -0.369 e. The molecule has 8 heteroatoms. The average Bonchev–Trinajstić information content (AvgIpc) is 3.36. The van der Waals surface area contributed by atoms with Crippen LogP contribution < -0.4 is 15.1 Å². The summed E-state index contributed by atoms with van der Waals surface area (Å²) in [5.41, 5.74) is 3.05. The molecule has 0 unspecified atom stereocenters. The molecule has 0 saturated carbocycles. The predicted octanol–water partition coefficient (Wildman–Crippen LogP) is 1.88. The highest BCUT2D eigenvalue weighted by molar-refractivity contribution is 7.14. The van der Waals surface area contributed by atoms with E-state index in [0.717, 1.165) is 50.4 Å². The van der Waals surface area contributed by atoms with E-state index in [0.29, 0.717) is 18.1 Å². The topological polar surface area (TPSA) is 68.8 Å². The number of amides is 2. The summed E-state index contributed by atoms with van der Waals surface area (Å²) in [6.07, 6.45) is 1.69. The van der Waals surface area contributed by atoms with Crippen LogP contribution in [0.25, 0.3) is 0 Å². The Morgan fingerprint density at radius 3 is 2.72 bits per heavy atom. The van der Waals surface area contributed by atoms with Gasteiger partial charge < -0.3 is 15.1 Å². The van der Waals surface area contributed by atoms with Gasteiger partial charge in [-0.25, -0.2) is 4.98 Å². The first-order valence-corrected chi connectivity index (χ1v) is 11.0. The Hall–Kier alpha value is -2.45. The van der Waals surface area contributed by atoms with Crippen molar-refractivity contribution in [3.8, 4) is 0 Å². The molecule has 7 nitrogen and oxygen atoms in total. The van der Waals surface area contributed by atoms with E-state index in [9.17, 15) is 9.59 Å². The lowest BCUT2D eigenvalue weighted by atomic mass is 10.1. The molecule has 2 aliphatic heterocycles. The van der Waals surface area contributed by atoms with Crippen LogP contribution in [0.4, 0.5) is 10.8 Å². The van der Waals surface area contributed by atoms with Crippen LogP contribution in [0.2, 0.25) is 0 Å². The zero-order valence-electron chi connectivity index (χ0n) is 16.8. The minimum atomic E-state index is -0.0530. The number of aromatic nitrogens is 1. The molecule has 2 amide bonds. The fraction of sp³-hybridized carbons (Fsp3) is 0.476. The van der Waals surface area contributed by atoms with Gasteiger partial charge in [-0.15, -0.1) is 11.3 Å². The molecule has 1 aromatic carbocycles. The molecule has 3 heterocycles. The molecule has 2 saturated heterocycles. The SMILES string of the molecule is CN1CCN(c2ccccc2CNC(=O)Cc2csc(N3CCCC3=O)n2)CC1. The highest BCUT2D eigenvalue weighted by Crippen LogP contribution is 2.25. The fourth-order valence-electron chi connectivity index (χ4n) is 3.79. The van der Waals surface area contributed by atoms with Crippen molar-refractivity contribution in [2.24, 2.45) is 0 Å². The van der Waals surface area contributed by atoms with Crippen molar-refractivity contribution in [1.82, 2.24) is 15.2 Å². The molecular formula is C21H27N5O2S. The molecule has 0 atom stereocenters. The van der Waals surface area contributed by atoms with Gasteiger partial charge >= 0.3 is 0 Å². The maximum absolute atomic E-state index is 12.5. The van der Waals surface area contributed by atoms with E-state index in [1.54, 1.807) is 4.90 Å². The van der Waals surface area contributed by atoms with E-state index in [-0.39, 0.29) is 18.2 Å². The molecule has 1 aromatic heterocycles. The van der Waals surface area contributed by atoms with Crippen LogP contribution >= 0.6 is 11.3 Å². The predicted molar refractivity (Wildman–Crippen MR) is 115 cm³/mol. The molecule has 0 spiro atoms. The molecule has 0 aliphatic carbocycles. The largest absolute Gasteiger partial charge is 0.369 e. The van der Waals surface area contributed by atoms with E-state index < -0.39 is 0 Å². The van der Waals surface area contributed by atoms with Gasteiger partial charge in [-0.1, -0.05) is 18.2 Å². The van der Waals surface area contributed by atoms with Gasteiger partial charge in [0.05, 0.1) is 12.1 Å². The second-order valence-electron chi connectivity index (χ2n) is 7.64. The first-order chi connectivity index (χ1) is 14.1. The average molecular weight is 414 g/mol. The Labute approximate surface area is 175 Å². The zero-order chi connectivity index (χ0) is 20.2. The number of carbonyl (C=O) groups excluding carboxylic acids is 2. The fourth-order valence-corrected chi connectivity index (χ4v) is 4.66. The summed E-state index contributed by atoms with van der Waals surface area (Å²) >= 11 is 1.43. The van der Waals surface area contributed by atoms with E-state index in [4.69, 9.17) is 0 Å².